The SMILES string of the molecule is O=C(CNc1ccccc1Cc1ccccc1)N(C1CCCCC1)C1CCS(=O)(=O)C1. The summed E-state index contributed by atoms with van der Waals surface area (Å²) in [6.07, 6.45) is 6.75. The Labute approximate surface area is 185 Å². The summed E-state index contributed by atoms with van der Waals surface area (Å²) in [6.45, 7) is 0.193. The van der Waals surface area contributed by atoms with E-state index >= 15 is 0 Å². The van der Waals surface area contributed by atoms with Gasteiger partial charge in [-0.15, -0.1) is 0 Å². The predicted octanol–water partition coefficient (Wildman–Crippen LogP) is 4.04. The Kier molecular flexibility index (Phi) is 6.96. The van der Waals surface area contributed by atoms with Crippen molar-refractivity contribution in [1.29, 1.82) is 0 Å². The second-order valence-corrected chi connectivity index (χ2v) is 11.1. The van der Waals surface area contributed by atoms with Gasteiger partial charge in [-0.25, -0.2) is 8.42 Å². The van der Waals surface area contributed by atoms with Gasteiger partial charge in [0.15, 0.2) is 9.84 Å². The van der Waals surface area contributed by atoms with Gasteiger partial charge in [-0.2, -0.15) is 0 Å². The Morgan fingerprint density at radius 1 is 0.903 bits per heavy atom. The van der Waals surface area contributed by atoms with Crippen molar-refractivity contribution < 1.29 is 13.2 Å². The standard InChI is InChI=1S/C25H32N2O3S/c28-25(27(22-12-5-2-6-13-22)23-15-16-31(29,30)19-23)18-26-24-14-8-7-11-21(24)17-20-9-3-1-4-10-20/h1,3-4,7-11,14,22-23,26H,2,5-6,12-13,15-19H2. The Bertz CT molecular complexity index is 985. The number of nitrogens with zero attached hydrogens (tertiary/aromatic N) is 1. The van der Waals surface area contributed by atoms with E-state index in [0.717, 1.165) is 43.4 Å². The smallest absolute Gasteiger partial charge is 0.242 e. The van der Waals surface area contributed by atoms with Gasteiger partial charge in [-0.1, -0.05) is 67.8 Å². The first-order chi connectivity index (χ1) is 15.0. The van der Waals surface area contributed by atoms with E-state index in [9.17, 15) is 13.2 Å². The zero-order valence-electron chi connectivity index (χ0n) is 18.0. The summed E-state index contributed by atoms with van der Waals surface area (Å²) in [6, 6.07) is 18.4. The van der Waals surface area contributed by atoms with Crippen LogP contribution in [0.5, 0.6) is 0 Å². The molecule has 1 saturated heterocycles. The summed E-state index contributed by atoms with van der Waals surface area (Å²) in [5, 5.41) is 3.36. The highest BCUT2D eigenvalue weighted by atomic mass is 32.2. The second kappa shape index (κ2) is 9.86. The quantitative estimate of drug-likeness (QED) is 0.706. The van der Waals surface area contributed by atoms with E-state index in [-0.39, 0.29) is 36.0 Å². The van der Waals surface area contributed by atoms with Crippen LogP contribution in [0.1, 0.15) is 49.7 Å². The van der Waals surface area contributed by atoms with Crippen LogP contribution in [0, 0.1) is 0 Å². The fourth-order valence-electron chi connectivity index (χ4n) is 4.98. The second-order valence-electron chi connectivity index (χ2n) is 8.82. The van der Waals surface area contributed by atoms with Crippen molar-refractivity contribution in [3.05, 3.63) is 65.7 Å². The third-order valence-electron chi connectivity index (χ3n) is 6.54. The molecule has 0 radical (unpaired) electrons. The number of benzene rings is 2. The molecule has 1 atom stereocenters. The molecular formula is C25H32N2O3S. The van der Waals surface area contributed by atoms with Crippen molar-refractivity contribution in [2.45, 2.75) is 57.0 Å². The van der Waals surface area contributed by atoms with Crippen molar-refractivity contribution in [3.8, 4) is 0 Å². The van der Waals surface area contributed by atoms with Gasteiger partial charge >= 0.3 is 0 Å². The van der Waals surface area contributed by atoms with Gasteiger partial charge in [0, 0.05) is 17.8 Å². The monoisotopic (exact) mass is 440 g/mol. The lowest BCUT2D eigenvalue weighted by Crippen LogP contribution is -2.50. The number of hydrogen-bond acceptors (Lipinski definition) is 4. The average Bonchev–Trinajstić information content (AvgIpc) is 3.14. The number of amides is 1. The molecular weight excluding hydrogens is 408 g/mol. The number of anilines is 1. The number of nitrogens with one attached hydrogen (secondary N) is 1. The molecule has 2 aromatic rings. The molecule has 0 bridgehead atoms. The minimum Gasteiger partial charge on any atom is -0.376 e. The zero-order valence-corrected chi connectivity index (χ0v) is 18.8. The van der Waals surface area contributed by atoms with Crippen LogP contribution in [-0.2, 0) is 21.1 Å². The van der Waals surface area contributed by atoms with Crippen molar-refractivity contribution in [2.24, 2.45) is 0 Å². The summed E-state index contributed by atoms with van der Waals surface area (Å²) in [5.74, 6) is 0.324. The molecule has 1 amide bonds. The molecule has 31 heavy (non-hydrogen) atoms. The maximum atomic E-state index is 13.4. The summed E-state index contributed by atoms with van der Waals surface area (Å²) in [5.41, 5.74) is 3.33. The molecule has 4 rings (SSSR count). The van der Waals surface area contributed by atoms with Gasteiger partial charge < -0.3 is 10.2 Å². The van der Waals surface area contributed by atoms with Crippen LogP contribution in [0.15, 0.2) is 54.6 Å². The molecule has 1 unspecified atom stereocenters. The number of rotatable bonds is 7. The van der Waals surface area contributed by atoms with E-state index in [1.165, 1.54) is 12.0 Å². The van der Waals surface area contributed by atoms with E-state index in [4.69, 9.17) is 0 Å². The summed E-state index contributed by atoms with van der Waals surface area (Å²) < 4.78 is 24.2. The Morgan fingerprint density at radius 3 is 2.32 bits per heavy atom. The van der Waals surface area contributed by atoms with Crippen LogP contribution in [0.3, 0.4) is 0 Å². The minimum atomic E-state index is -3.04. The molecule has 1 aliphatic carbocycles. The molecule has 2 aliphatic rings. The first-order valence-electron chi connectivity index (χ1n) is 11.4. The van der Waals surface area contributed by atoms with Crippen molar-refractivity contribution in [2.75, 3.05) is 23.4 Å². The largest absolute Gasteiger partial charge is 0.376 e. The van der Waals surface area contributed by atoms with Gasteiger partial charge in [-0.3, -0.25) is 4.79 Å². The normalized spacial score (nSPS) is 21.0. The topological polar surface area (TPSA) is 66.5 Å². The zero-order chi connectivity index (χ0) is 21.7. The Morgan fingerprint density at radius 2 is 1.61 bits per heavy atom. The number of para-hydroxylation sites is 1. The first-order valence-corrected chi connectivity index (χ1v) is 13.2. The molecule has 2 aromatic carbocycles. The lowest BCUT2D eigenvalue weighted by Gasteiger charge is -2.38. The molecule has 166 valence electrons. The van der Waals surface area contributed by atoms with E-state index in [2.05, 4.69) is 23.5 Å². The highest BCUT2D eigenvalue weighted by Gasteiger charge is 2.38. The third kappa shape index (κ3) is 5.67. The molecule has 2 fully saturated rings. The highest BCUT2D eigenvalue weighted by molar-refractivity contribution is 7.91. The van der Waals surface area contributed by atoms with Gasteiger partial charge in [0.05, 0.1) is 18.1 Å². The van der Waals surface area contributed by atoms with Crippen LogP contribution in [0.25, 0.3) is 0 Å². The van der Waals surface area contributed by atoms with Crippen molar-refractivity contribution in [3.63, 3.8) is 0 Å². The number of carbonyl (C=O) groups excluding carboxylic acids is 1. The van der Waals surface area contributed by atoms with E-state index in [1.54, 1.807) is 0 Å². The predicted molar refractivity (Wildman–Crippen MR) is 125 cm³/mol. The van der Waals surface area contributed by atoms with Crippen LogP contribution in [0.2, 0.25) is 0 Å². The number of sulfone groups is 1. The Hall–Kier alpha value is -2.34. The molecule has 1 aliphatic heterocycles. The molecule has 1 heterocycles. The van der Waals surface area contributed by atoms with Gasteiger partial charge in [-0.05, 0) is 42.9 Å². The molecule has 1 N–H and O–H groups in total. The number of hydrogen-bond donors (Lipinski definition) is 1. The van der Waals surface area contributed by atoms with Crippen molar-refractivity contribution >= 4 is 21.4 Å². The van der Waals surface area contributed by atoms with Crippen LogP contribution in [0.4, 0.5) is 5.69 Å². The molecule has 0 spiro atoms. The van der Waals surface area contributed by atoms with Crippen LogP contribution >= 0.6 is 0 Å². The maximum absolute atomic E-state index is 13.4. The number of carbonyl (C=O) groups is 1. The summed E-state index contributed by atoms with van der Waals surface area (Å²) in [4.78, 5) is 15.3. The fraction of sp³-hybridized carbons (Fsp3) is 0.480. The Balaban J connectivity index is 1.47. The molecule has 6 heteroatoms. The maximum Gasteiger partial charge on any atom is 0.242 e. The lowest BCUT2D eigenvalue weighted by atomic mass is 9.93. The fourth-order valence-corrected chi connectivity index (χ4v) is 6.70. The van der Waals surface area contributed by atoms with E-state index < -0.39 is 9.84 Å². The molecule has 1 saturated carbocycles. The average molecular weight is 441 g/mol. The van der Waals surface area contributed by atoms with Crippen LogP contribution < -0.4 is 5.32 Å². The summed E-state index contributed by atoms with van der Waals surface area (Å²) in [7, 11) is -3.04. The van der Waals surface area contributed by atoms with Crippen LogP contribution in [-0.4, -0.2) is 49.4 Å². The summed E-state index contributed by atoms with van der Waals surface area (Å²) >= 11 is 0. The van der Waals surface area contributed by atoms with Gasteiger partial charge in [0.1, 0.15) is 0 Å². The first kappa shape index (κ1) is 21.9. The highest BCUT2D eigenvalue weighted by Crippen LogP contribution is 2.28. The van der Waals surface area contributed by atoms with Gasteiger partial charge in [0.25, 0.3) is 0 Å². The minimum absolute atomic E-state index is 0.0171. The lowest BCUT2D eigenvalue weighted by molar-refractivity contribution is -0.134. The van der Waals surface area contributed by atoms with Crippen molar-refractivity contribution in [1.82, 2.24) is 4.90 Å². The van der Waals surface area contributed by atoms with E-state index in [1.807, 2.05) is 41.3 Å². The third-order valence-corrected chi connectivity index (χ3v) is 8.29. The van der Waals surface area contributed by atoms with Gasteiger partial charge in [0.2, 0.25) is 5.91 Å². The molecule has 5 nitrogen and oxygen atoms in total. The van der Waals surface area contributed by atoms with E-state index in [0.29, 0.717) is 6.42 Å². The molecule has 0 aromatic heterocycles.